The van der Waals surface area contributed by atoms with E-state index in [1.54, 1.807) is 0 Å². The van der Waals surface area contributed by atoms with Crippen LogP contribution in [0.15, 0.2) is 30.4 Å². The number of carboxylic acid groups (broad SMARTS) is 2. The Balaban J connectivity index is 2.86. The number of rotatable bonds is 5. The van der Waals surface area contributed by atoms with E-state index in [0.717, 1.165) is 12.1 Å². The molecule has 0 aromatic heterocycles. The number of nitrogens with one attached hydrogen (secondary N) is 1. The van der Waals surface area contributed by atoms with Crippen molar-refractivity contribution in [3.05, 3.63) is 35.9 Å². The zero-order valence-electron chi connectivity index (χ0n) is 9.71. The summed E-state index contributed by atoms with van der Waals surface area (Å²) in [5.41, 5.74) is -0.425. The van der Waals surface area contributed by atoms with E-state index in [0.29, 0.717) is 0 Å². The van der Waals surface area contributed by atoms with Crippen molar-refractivity contribution in [2.75, 3.05) is 5.32 Å². The van der Waals surface area contributed by atoms with Crippen LogP contribution in [0.2, 0.25) is 0 Å². The molecule has 7 nitrogen and oxygen atoms in total. The van der Waals surface area contributed by atoms with Crippen molar-refractivity contribution >= 4 is 23.5 Å². The molecule has 19 heavy (non-hydrogen) atoms. The first-order valence-corrected chi connectivity index (χ1v) is 5.08. The molecule has 1 aromatic rings. The van der Waals surface area contributed by atoms with E-state index in [1.165, 1.54) is 6.07 Å². The largest absolute Gasteiger partial charge is 0.507 e. The molecular weight excluding hydrogens is 254 g/mol. The van der Waals surface area contributed by atoms with Crippen LogP contribution >= 0.6 is 0 Å². The van der Waals surface area contributed by atoms with Gasteiger partial charge in [0.05, 0.1) is 6.42 Å². The van der Waals surface area contributed by atoms with E-state index in [-0.39, 0.29) is 16.8 Å². The lowest BCUT2D eigenvalue weighted by atomic mass is 10.1. The number of phenols is 1. The number of anilines is 1. The maximum Gasteiger partial charge on any atom is 0.339 e. The first kappa shape index (κ1) is 14.2. The Morgan fingerprint density at radius 1 is 1.21 bits per heavy atom. The highest BCUT2D eigenvalue weighted by molar-refractivity contribution is 6.06. The number of hydrogen-bond acceptors (Lipinski definition) is 4. The fourth-order valence-electron chi connectivity index (χ4n) is 1.27. The summed E-state index contributed by atoms with van der Waals surface area (Å²) in [4.78, 5) is 32.7. The smallest absolute Gasteiger partial charge is 0.339 e. The monoisotopic (exact) mass is 265 g/mol. The van der Waals surface area contributed by atoms with Gasteiger partial charge in [0.15, 0.2) is 0 Å². The van der Waals surface area contributed by atoms with E-state index in [2.05, 4.69) is 11.9 Å². The number of aromatic carboxylic acids is 1. The summed E-state index contributed by atoms with van der Waals surface area (Å²) >= 11 is 0. The third-order valence-corrected chi connectivity index (χ3v) is 2.17. The first-order chi connectivity index (χ1) is 8.81. The number of hydrogen-bond donors (Lipinski definition) is 4. The lowest BCUT2D eigenvalue weighted by molar-refractivity contribution is -0.136. The summed E-state index contributed by atoms with van der Waals surface area (Å²) in [5, 5.41) is 28.9. The molecule has 4 N–H and O–H groups in total. The van der Waals surface area contributed by atoms with E-state index >= 15 is 0 Å². The normalized spacial score (nSPS) is 9.68. The number of carbonyl (C=O) groups is 3. The minimum atomic E-state index is -1.35. The van der Waals surface area contributed by atoms with E-state index < -0.39 is 30.0 Å². The summed E-state index contributed by atoms with van der Waals surface area (Å²) < 4.78 is 0. The summed E-state index contributed by atoms with van der Waals surface area (Å²) in [6, 6.07) is 3.45. The van der Waals surface area contributed by atoms with Crippen LogP contribution in [0.1, 0.15) is 16.8 Å². The lowest BCUT2D eigenvalue weighted by Gasteiger charge is -2.07. The van der Waals surface area contributed by atoms with Gasteiger partial charge in [-0.25, -0.2) is 4.79 Å². The Morgan fingerprint density at radius 3 is 2.37 bits per heavy atom. The minimum absolute atomic E-state index is 0.117. The van der Waals surface area contributed by atoms with Gasteiger partial charge in [0.25, 0.3) is 5.91 Å². The zero-order chi connectivity index (χ0) is 14.6. The molecule has 0 bridgehead atoms. The van der Waals surface area contributed by atoms with Crippen LogP contribution in [0.25, 0.3) is 0 Å². The van der Waals surface area contributed by atoms with Gasteiger partial charge in [-0.05, 0) is 18.2 Å². The van der Waals surface area contributed by atoms with Crippen LogP contribution < -0.4 is 5.32 Å². The number of amides is 1. The summed E-state index contributed by atoms with van der Waals surface area (Å²) in [6.07, 6.45) is -0.518. The molecule has 100 valence electrons. The number of aliphatic carboxylic acids is 1. The van der Waals surface area contributed by atoms with Crippen molar-refractivity contribution in [2.45, 2.75) is 6.42 Å². The van der Waals surface area contributed by atoms with Gasteiger partial charge < -0.3 is 20.6 Å². The maximum absolute atomic E-state index is 11.5. The summed E-state index contributed by atoms with van der Waals surface area (Å²) in [6.45, 7) is 3.31. The quantitative estimate of drug-likeness (QED) is 0.466. The van der Waals surface area contributed by atoms with Gasteiger partial charge in [0.2, 0.25) is 0 Å². The standard InChI is InChI=1S/C12H11NO6/c1-6(4-10(15)16)11(17)13-7-2-3-9(14)8(5-7)12(18)19/h2-3,5,14H,1,4H2,(H,13,17)(H,15,16)(H,18,19). The molecule has 0 radical (unpaired) electrons. The van der Waals surface area contributed by atoms with Gasteiger partial charge in [-0.1, -0.05) is 6.58 Å². The van der Waals surface area contributed by atoms with Crippen LogP contribution in [0, 0.1) is 0 Å². The summed E-state index contributed by atoms with van der Waals surface area (Å²) in [5.74, 6) is -3.71. The Morgan fingerprint density at radius 2 is 1.84 bits per heavy atom. The average molecular weight is 265 g/mol. The van der Waals surface area contributed by atoms with Gasteiger partial charge in [-0.15, -0.1) is 0 Å². The topological polar surface area (TPSA) is 124 Å². The fraction of sp³-hybridized carbons (Fsp3) is 0.0833. The Bertz CT molecular complexity index is 563. The van der Waals surface area contributed by atoms with Crippen LogP contribution in [0.3, 0.4) is 0 Å². The van der Waals surface area contributed by atoms with Crippen molar-refractivity contribution in [2.24, 2.45) is 0 Å². The Kier molecular flexibility index (Phi) is 4.25. The second-order valence-corrected chi connectivity index (χ2v) is 3.67. The molecule has 0 spiro atoms. The molecule has 0 aliphatic heterocycles. The fourth-order valence-corrected chi connectivity index (χ4v) is 1.27. The second kappa shape index (κ2) is 5.67. The van der Waals surface area contributed by atoms with E-state index in [4.69, 9.17) is 10.2 Å². The highest BCUT2D eigenvalue weighted by Crippen LogP contribution is 2.21. The molecule has 7 heteroatoms. The Hall–Kier alpha value is -2.83. The van der Waals surface area contributed by atoms with E-state index in [9.17, 15) is 19.5 Å². The van der Waals surface area contributed by atoms with Crippen LogP contribution in [0.4, 0.5) is 5.69 Å². The predicted octanol–water partition coefficient (Wildman–Crippen LogP) is 1.06. The number of benzene rings is 1. The lowest BCUT2D eigenvalue weighted by Crippen LogP contribution is -2.16. The minimum Gasteiger partial charge on any atom is -0.507 e. The van der Waals surface area contributed by atoms with Crippen molar-refractivity contribution < 1.29 is 29.7 Å². The van der Waals surface area contributed by atoms with Gasteiger partial charge in [-0.2, -0.15) is 0 Å². The van der Waals surface area contributed by atoms with Crippen molar-refractivity contribution in [3.63, 3.8) is 0 Å². The van der Waals surface area contributed by atoms with Crippen molar-refractivity contribution in [1.29, 1.82) is 0 Å². The highest BCUT2D eigenvalue weighted by Gasteiger charge is 2.14. The molecule has 0 aliphatic carbocycles. The third-order valence-electron chi connectivity index (χ3n) is 2.17. The molecule has 0 fully saturated rings. The van der Waals surface area contributed by atoms with Gasteiger partial charge in [0.1, 0.15) is 11.3 Å². The molecule has 0 saturated carbocycles. The molecule has 1 rings (SSSR count). The van der Waals surface area contributed by atoms with E-state index in [1.807, 2.05) is 0 Å². The molecule has 0 heterocycles. The summed E-state index contributed by atoms with van der Waals surface area (Å²) in [7, 11) is 0. The second-order valence-electron chi connectivity index (χ2n) is 3.67. The zero-order valence-corrected chi connectivity index (χ0v) is 9.71. The van der Waals surface area contributed by atoms with Crippen molar-refractivity contribution in [1.82, 2.24) is 0 Å². The van der Waals surface area contributed by atoms with Crippen LogP contribution in [0.5, 0.6) is 5.75 Å². The third kappa shape index (κ3) is 3.84. The predicted molar refractivity (Wildman–Crippen MR) is 65.1 cm³/mol. The molecule has 1 amide bonds. The number of aromatic hydroxyl groups is 1. The first-order valence-electron chi connectivity index (χ1n) is 5.08. The Labute approximate surface area is 107 Å². The van der Waals surface area contributed by atoms with Crippen LogP contribution in [-0.4, -0.2) is 33.2 Å². The molecule has 1 aromatic carbocycles. The number of carbonyl (C=O) groups excluding carboxylic acids is 1. The SMILES string of the molecule is C=C(CC(=O)O)C(=O)Nc1ccc(O)c(C(=O)O)c1. The van der Waals surface area contributed by atoms with Gasteiger partial charge >= 0.3 is 11.9 Å². The van der Waals surface area contributed by atoms with Crippen LogP contribution in [-0.2, 0) is 9.59 Å². The number of carboxylic acids is 2. The van der Waals surface area contributed by atoms with Gasteiger partial charge in [-0.3, -0.25) is 9.59 Å². The maximum atomic E-state index is 11.5. The molecule has 0 atom stereocenters. The van der Waals surface area contributed by atoms with Crippen molar-refractivity contribution in [3.8, 4) is 5.75 Å². The average Bonchev–Trinajstić information content (AvgIpc) is 2.30. The molecular formula is C12H11NO6. The molecule has 0 unspecified atom stereocenters. The molecule has 0 aliphatic rings. The highest BCUT2D eigenvalue weighted by atomic mass is 16.4. The molecule has 0 saturated heterocycles. The van der Waals surface area contributed by atoms with Gasteiger partial charge in [0, 0.05) is 11.3 Å².